The highest BCUT2D eigenvalue weighted by Gasteiger charge is 2.48. The van der Waals surface area contributed by atoms with Crippen LogP contribution in [0.5, 0.6) is 0 Å². The Morgan fingerprint density at radius 1 is 0.774 bits per heavy atom. The zero-order chi connectivity index (χ0) is 23.1. The topological polar surface area (TPSA) is 74.2 Å². The van der Waals surface area contributed by atoms with Crippen molar-refractivity contribution in [2.75, 3.05) is 13.2 Å². The molecule has 6 heteroatoms. The van der Waals surface area contributed by atoms with Gasteiger partial charge in [-0.05, 0) is 72.0 Å². The molecule has 176 valence electrons. The molecule has 4 saturated heterocycles. The lowest BCUT2D eigenvalue weighted by molar-refractivity contribution is -0.195. The van der Waals surface area contributed by atoms with E-state index in [4.69, 9.17) is 24.1 Å². The molecule has 0 saturated carbocycles. The first kappa shape index (κ1) is 24.4. The highest BCUT2D eigenvalue weighted by atomic mass is 16.8. The van der Waals surface area contributed by atoms with E-state index in [9.17, 15) is 4.79 Å². The number of carbonyl (C=O) groups excluding carboxylic acids is 1. The third-order valence-electron chi connectivity index (χ3n) is 6.65. The number of ketones is 1. The number of rotatable bonds is 0. The van der Waals surface area contributed by atoms with Crippen molar-refractivity contribution < 1.29 is 28.8 Å². The number of aliphatic hydroxyl groups is 1. The van der Waals surface area contributed by atoms with Crippen molar-refractivity contribution in [1.82, 2.24) is 0 Å². The van der Waals surface area contributed by atoms with Crippen molar-refractivity contribution in [2.45, 2.75) is 110 Å². The maximum atomic E-state index is 11.0. The van der Waals surface area contributed by atoms with E-state index in [1.165, 1.54) is 12.8 Å². The second kappa shape index (κ2) is 8.29. The highest BCUT2D eigenvalue weighted by molar-refractivity contribution is 6.07. The van der Waals surface area contributed by atoms with Crippen LogP contribution in [-0.2, 0) is 23.7 Å². The quantitative estimate of drug-likeness (QED) is 0.550. The van der Waals surface area contributed by atoms with Crippen LogP contribution in [0.3, 0.4) is 0 Å². The van der Waals surface area contributed by atoms with Crippen LogP contribution in [0, 0.1) is 5.41 Å². The lowest BCUT2D eigenvalue weighted by Gasteiger charge is -2.32. The molecular formula is C25H40O6. The van der Waals surface area contributed by atoms with E-state index in [1.807, 2.05) is 33.8 Å². The number of hydrogen-bond donors (Lipinski definition) is 1. The summed E-state index contributed by atoms with van der Waals surface area (Å²) >= 11 is 0. The number of allylic oxidation sites excluding steroid dienone is 3. The predicted molar refractivity (Wildman–Crippen MR) is 119 cm³/mol. The zero-order valence-electron chi connectivity index (χ0n) is 20.3. The normalized spacial score (nSPS) is 42.5. The molecule has 1 aliphatic carbocycles. The summed E-state index contributed by atoms with van der Waals surface area (Å²) in [5, 5.41) is 9.15. The fraction of sp³-hybridized carbons (Fsp3) is 0.800. The molecule has 0 spiro atoms. The monoisotopic (exact) mass is 436 g/mol. The van der Waals surface area contributed by atoms with Gasteiger partial charge in [0.15, 0.2) is 17.3 Å². The molecule has 5 aliphatic rings. The van der Waals surface area contributed by atoms with Crippen molar-refractivity contribution in [3.05, 3.63) is 23.5 Å². The van der Waals surface area contributed by atoms with Gasteiger partial charge in [0.2, 0.25) is 5.78 Å². The average molecular weight is 437 g/mol. The lowest BCUT2D eigenvalue weighted by atomic mass is 9.84. The molecule has 0 radical (unpaired) electrons. The van der Waals surface area contributed by atoms with Crippen molar-refractivity contribution in [3.63, 3.8) is 0 Å². The molecule has 0 aromatic carbocycles. The molecule has 5 rings (SSSR count). The number of hydrogen-bond acceptors (Lipinski definition) is 6. The van der Waals surface area contributed by atoms with Crippen molar-refractivity contribution in [1.29, 1.82) is 0 Å². The van der Waals surface area contributed by atoms with Crippen LogP contribution in [-0.4, -0.2) is 46.9 Å². The van der Waals surface area contributed by atoms with Gasteiger partial charge in [-0.3, -0.25) is 4.79 Å². The van der Waals surface area contributed by atoms with E-state index in [0.29, 0.717) is 5.57 Å². The number of fused-ring (bicyclic) bond motifs is 4. The summed E-state index contributed by atoms with van der Waals surface area (Å²) in [6.45, 7) is 15.5. The third kappa shape index (κ3) is 5.98. The third-order valence-corrected chi connectivity index (χ3v) is 6.65. The van der Waals surface area contributed by atoms with E-state index in [2.05, 4.69) is 13.8 Å². The second-order valence-corrected chi connectivity index (χ2v) is 11.2. The van der Waals surface area contributed by atoms with Crippen LogP contribution in [0.1, 0.15) is 87.0 Å². The van der Waals surface area contributed by atoms with E-state index in [0.717, 1.165) is 38.9 Å². The van der Waals surface area contributed by atoms with Crippen LogP contribution in [0.25, 0.3) is 0 Å². The Balaban J connectivity index is 0.000000132. The van der Waals surface area contributed by atoms with E-state index < -0.39 is 0 Å². The van der Waals surface area contributed by atoms with E-state index in [1.54, 1.807) is 13.0 Å². The van der Waals surface area contributed by atoms with Gasteiger partial charge in [0.1, 0.15) is 0 Å². The van der Waals surface area contributed by atoms with Gasteiger partial charge >= 0.3 is 0 Å². The molecule has 0 amide bonds. The second-order valence-electron chi connectivity index (χ2n) is 11.2. The van der Waals surface area contributed by atoms with Crippen LogP contribution < -0.4 is 0 Å². The minimum absolute atomic E-state index is 0.0347. The van der Waals surface area contributed by atoms with Gasteiger partial charge in [-0.2, -0.15) is 0 Å². The zero-order valence-corrected chi connectivity index (χ0v) is 20.3. The Morgan fingerprint density at radius 2 is 1.23 bits per heavy atom. The first-order valence-electron chi connectivity index (χ1n) is 11.5. The summed E-state index contributed by atoms with van der Waals surface area (Å²) in [7, 11) is 0. The van der Waals surface area contributed by atoms with Crippen LogP contribution in [0.15, 0.2) is 23.5 Å². The predicted octanol–water partition coefficient (Wildman–Crippen LogP) is 5.37. The fourth-order valence-corrected chi connectivity index (χ4v) is 5.12. The Labute approximate surface area is 187 Å². The molecule has 31 heavy (non-hydrogen) atoms. The minimum atomic E-state index is -0.260. The SMILES string of the molecule is CC12CCCC(C)(OC1)O2.CC12CCCC(C)(OC1)O2.CC1=CC(C)(C)C=C(O)C1=O. The maximum absolute atomic E-state index is 11.0. The summed E-state index contributed by atoms with van der Waals surface area (Å²) in [5.41, 5.74) is 0.497. The standard InChI is InChI=1S/C9H12O2.2C8H14O2/c1-6-4-9(2,3)5-7(10)8(6)11;2*1-7-4-3-5-8(2,10-7)9-6-7/h4-5,10H,1-3H3;2*3-6H2,1-2H3. The van der Waals surface area contributed by atoms with Crippen molar-refractivity contribution in [2.24, 2.45) is 5.41 Å². The van der Waals surface area contributed by atoms with Gasteiger partial charge in [0.05, 0.1) is 24.4 Å². The summed E-state index contributed by atoms with van der Waals surface area (Å²) < 4.78 is 22.6. The molecule has 4 bridgehead atoms. The summed E-state index contributed by atoms with van der Waals surface area (Å²) in [6.07, 6.45) is 10.3. The molecule has 4 aliphatic heterocycles. The fourth-order valence-electron chi connectivity index (χ4n) is 5.12. The smallest absolute Gasteiger partial charge is 0.222 e. The number of Topliss-reactive ketones (excluding diaryl/α,β-unsaturated/α-hetero) is 1. The molecule has 0 aromatic rings. The van der Waals surface area contributed by atoms with Crippen molar-refractivity contribution in [3.8, 4) is 0 Å². The average Bonchev–Trinajstić information content (AvgIpc) is 2.99. The molecule has 1 N–H and O–H groups in total. The van der Waals surface area contributed by atoms with Crippen LogP contribution >= 0.6 is 0 Å². The first-order chi connectivity index (χ1) is 14.2. The molecule has 4 unspecified atom stereocenters. The lowest BCUT2D eigenvalue weighted by Crippen LogP contribution is -2.37. The molecule has 0 aromatic heterocycles. The Hall–Kier alpha value is -1.21. The van der Waals surface area contributed by atoms with Gasteiger partial charge in [-0.25, -0.2) is 0 Å². The van der Waals surface area contributed by atoms with Gasteiger partial charge in [0.25, 0.3) is 0 Å². The van der Waals surface area contributed by atoms with Gasteiger partial charge in [-0.1, -0.05) is 19.9 Å². The summed E-state index contributed by atoms with van der Waals surface area (Å²) in [4.78, 5) is 11.0. The Bertz CT molecular complexity index is 678. The van der Waals surface area contributed by atoms with Crippen LogP contribution in [0.4, 0.5) is 0 Å². The largest absolute Gasteiger partial charge is 0.504 e. The first-order valence-corrected chi connectivity index (χ1v) is 11.5. The van der Waals surface area contributed by atoms with Crippen LogP contribution in [0.2, 0.25) is 0 Å². The van der Waals surface area contributed by atoms with E-state index >= 15 is 0 Å². The van der Waals surface area contributed by atoms with E-state index in [-0.39, 0.29) is 39.7 Å². The number of ether oxygens (including phenoxy) is 4. The van der Waals surface area contributed by atoms with Gasteiger partial charge in [-0.15, -0.1) is 0 Å². The molecule has 4 heterocycles. The molecule has 4 atom stereocenters. The highest BCUT2D eigenvalue weighted by Crippen LogP contribution is 2.43. The Kier molecular flexibility index (Phi) is 6.53. The molecule has 6 nitrogen and oxygen atoms in total. The number of aliphatic hydroxyl groups excluding tert-OH is 1. The number of carbonyl (C=O) groups is 1. The Morgan fingerprint density at radius 3 is 1.58 bits per heavy atom. The van der Waals surface area contributed by atoms with Crippen molar-refractivity contribution >= 4 is 5.78 Å². The van der Waals surface area contributed by atoms with Gasteiger partial charge in [0, 0.05) is 18.3 Å². The molecular weight excluding hydrogens is 396 g/mol. The summed E-state index contributed by atoms with van der Waals surface area (Å²) in [6, 6.07) is 0. The van der Waals surface area contributed by atoms with Gasteiger partial charge < -0.3 is 24.1 Å². The summed E-state index contributed by atoms with van der Waals surface area (Å²) in [5.74, 6) is -0.876. The minimum Gasteiger partial charge on any atom is -0.504 e. The molecule has 4 fully saturated rings. The maximum Gasteiger partial charge on any atom is 0.222 e.